The van der Waals surface area contributed by atoms with E-state index in [1.807, 2.05) is 0 Å². The summed E-state index contributed by atoms with van der Waals surface area (Å²) >= 11 is 5.78. The van der Waals surface area contributed by atoms with Gasteiger partial charge in [-0.2, -0.15) is 4.98 Å². The van der Waals surface area contributed by atoms with Gasteiger partial charge in [0.05, 0.1) is 0 Å². The number of hydrogen-bond acceptors (Lipinski definition) is 5. The molecule has 1 unspecified atom stereocenters. The highest BCUT2D eigenvalue weighted by Gasteiger charge is 2.14. The first kappa shape index (κ1) is 13.5. The van der Waals surface area contributed by atoms with Crippen LogP contribution in [0.5, 0.6) is 0 Å². The number of hydrogen-bond donors (Lipinski definition) is 1. The first-order chi connectivity index (χ1) is 9.06. The van der Waals surface area contributed by atoms with Crippen molar-refractivity contribution in [1.82, 2.24) is 10.1 Å². The predicted molar refractivity (Wildman–Crippen MR) is 66.6 cm³/mol. The van der Waals surface area contributed by atoms with Gasteiger partial charge in [0.15, 0.2) is 6.10 Å². The van der Waals surface area contributed by atoms with Crippen molar-refractivity contribution in [3.63, 3.8) is 0 Å². The van der Waals surface area contributed by atoms with Crippen LogP contribution in [0.15, 0.2) is 28.8 Å². The Hall–Kier alpha value is -1.92. The van der Waals surface area contributed by atoms with Gasteiger partial charge in [0.25, 0.3) is 5.89 Å². The van der Waals surface area contributed by atoms with Crippen LogP contribution in [0.4, 0.5) is 0 Å². The minimum absolute atomic E-state index is 0.0476. The third-order valence-corrected chi connectivity index (χ3v) is 2.63. The zero-order chi connectivity index (χ0) is 13.8. The van der Waals surface area contributed by atoms with E-state index < -0.39 is 12.1 Å². The number of carboxylic acids is 1. The molecule has 1 aromatic carbocycles. The molecule has 0 bridgehead atoms. The molecule has 0 aliphatic carbocycles. The zero-order valence-electron chi connectivity index (χ0n) is 10.0. The molecule has 0 aliphatic heterocycles. The van der Waals surface area contributed by atoms with Gasteiger partial charge in [-0.25, -0.2) is 4.79 Å². The van der Waals surface area contributed by atoms with Crippen LogP contribution in [0.3, 0.4) is 0 Å². The van der Waals surface area contributed by atoms with Gasteiger partial charge in [0, 0.05) is 10.6 Å². The van der Waals surface area contributed by atoms with E-state index in [9.17, 15) is 4.79 Å². The van der Waals surface area contributed by atoms with Crippen LogP contribution in [0.25, 0.3) is 11.4 Å². The highest BCUT2D eigenvalue weighted by atomic mass is 35.5. The average molecular weight is 283 g/mol. The number of carboxylic acid groups (broad SMARTS) is 1. The maximum Gasteiger partial charge on any atom is 0.332 e. The lowest BCUT2D eigenvalue weighted by molar-refractivity contribution is -0.150. The van der Waals surface area contributed by atoms with Gasteiger partial charge in [-0.05, 0) is 31.2 Å². The summed E-state index contributed by atoms with van der Waals surface area (Å²) in [5, 5.41) is 13.1. The topological polar surface area (TPSA) is 85.5 Å². The number of halogens is 1. The molecule has 1 atom stereocenters. The Bertz CT molecular complexity index is 567. The summed E-state index contributed by atoms with van der Waals surface area (Å²) in [6.45, 7) is 1.38. The van der Waals surface area contributed by atoms with Crippen molar-refractivity contribution in [3.05, 3.63) is 35.2 Å². The fourth-order valence-electron chi connectivity index (χ4n) is 1.30. The lowest BCUT2D eigenvalue weighted by Crippen LogP contribution is -2.19. The third kappa shape index (κ3) is 3.52. The molecule has 0 fully saturated rings. The first-order valence-corrected chi connectivity index (χ1v) is 5.87. The molecule has 0 aliphatic rings. The van der Waals surface area contributed by atoms with E-state index in [1.165, 1.54) is 6.92 Å². The Morgan fingerprint density at radius 3 is 2.79 bits per heavy atom. The molecule has 2 rings (SSSR count). The molecule has 1 N–H and O–H groups in total. The van der Waals surface area contributed by atoms with Crippen LogP contribution in [-0.4, -0.2) is 27.3 Å². The Kier molecular flexibility index (Phi) is 4.13. The van der Waals surface area contributed by atoms with Crippen LogP contribution < -0.4 is 0 Å². The summed E-state index contributed by atoms with van der Waals surface area (Å²) in [5.41, 5.74) is 0.755. The van der Waals surface area contributed by atoms with E-state index >= 15 is 0 Å². The average Bonchev–Trinajstić information content (AvgIpc) is 2.85. The van der Waals surface area contributed by atoms with Crippen molar-refractivity contribution in [2.45, 2.75) is 19.6 Å². The number of nitrogens with zero attached hydrogens (tertiary/aromatic N) is 2. The van der Waals surface area contributed by atoms with Crippen molar-refractivity contribution >= 4 is 17.6 Å². The molecular weight excluding hydrogens is 272 g/mol. The number of aromatic nitrogens is 2. The lowest BCUT2D eigenvalue weighted by atomic mass is 10.2. The Morgan fingerprint density at radius 1 is 1.47 bits per heavy atom. The molecule has 19 heavy (non-hydrogen) atoms. The van der Waals surface area contributed by atoms with Gasteiger partial charge < -0.3 is 14.4 Å². The molecule has 1 aromatic heterocycles. The van der Waals surface area contributed by atoms with Crippen molar-refractivity contribution < 1.29 is 19.2 Å². The highest BCUT2D eigenvalue weighted by molar-refractivity contribution is 6.30. The quantitative estimate of drug-likeness (QED) is 0.906. The lowest BCUT2D eigenvalue weighted by Gasteiger charge is -2.04. The second kappa shape index (κ2) is 5.81. The van der Waals surface area contributed by atoms with E-state index in [-0.39, 0.29) is 12.5 Å². The molecule has 6 nitrogen and oxygen atoms in total. The van der Waals surface area contributed by atoms with E-state index in [0.29, 0.717) is 10.8 Å². The van der Waals surface area contributed by atoms with Crippen molar-refractivity contribution in [1.29, 1.82) is 0 Å². The number of aliphatic carboxylic acids is 1. The standard InChI is InChI=1S/C12H11ClN2O4/c1-7(12(16)17)18-6-10-14-11(15-19-10)8-2-4-9(13)5-3-8/h2-5,7H,6H2,1H3,(H,16,17). The fourth-order valence-corrected chi connectivity index (χ4v) is 1.42. The Labute approximate surface area is 114 Å². The van der Waals surface area contributed by atoms with Gasteiger partial charge in [0.2, 0.25) is 5.82 Å². The van der Waals surface area contributed by atoms with Crippen LogP contribution in [0.2, 0.25) is 5.02 Å². The summed E-state index contributed by atoms with van der Waals surface area (Å²) < 4.78 is 10.0. The maximum absolute atomic E-state index is 10.6. The predicted octanol–water partition coefficient (Wildman–Crippen LogP) is 2.38. The Morgan fingerprint density at radius 2 is 2.16 bits per heavy atom. The first-order valence-electron chi connectivity index (χ1n) is 5.49. The summed E-state index contributed by atoms with van der Waals surface area (Å²) in [6, 6.07) is 6.96. The monoisotopic (exact) mass is 282 g/mol. The second-order valence-electron chi connectivity index (χ2n) is 3.81. The molecule has 0 amide bonds. The number of rotatable bonds is 5. The normalized spacial score (nSPS) is 12.3. The van der Waals surface area contributed by atoms with E-state index in [1.54, 1.807) is 24.3 Å². The van der Waals surface area contributed by atoms with Gasteiger partial charge in [-0.1, -0.05) is 16.8 Å². The van der Waals surface area contributed by atoms with Crippen molar-refractivity contribution in [2.75, 3.05) is 0 Å². The number of benzene rings is 1. The summed E-state index contributed by atoms with van der Waals surface area (Å²) in [7, 11) is 0. The molecule has 2 aromatic rings. The second-order valence-corrected chi connectivity index (χ2v) is 4.25. The highest BCUT2D eigenvalue weighted by Crippen LogP contribution is 2.18. The maximum atomic E-state index is 10.6. The van der Waals surface area contributed by atoms with Crippen LogP contribution in [0.1, 0.15) is 12.8 Å². The van der Waals surface area contributed by atoms with E-state index in [0.717, 1.165) is 5.56 Å². The summed E-state index contributed by atoms with van der Waals surface area (Å²) in [5.74, 6) is -0.422. The molecule has 7 heteroatoms. The van der Waals surface area contributed by atoms with Crippen LogP contribution in [0, 0.1) is 0 Å². The molecular formula is C12H11ClN2O4. The van der Waals surface area contributed by atoms with E-state index in [2.05, 4.69) is 10.1 Å². The number of ether oxygens (including phenoxy) is 1. The van der Waals surface area contributed by atoms with Gasteiger partial charge in [-0.3, -0.25) is 0 Å². The summed E-state index contributed by atoms with van der Waals surface area (Å²) in [4.78, 5) is 14.7. The molecule has 0 radical (unpaired) electrons. The molecule has 1 heterocycles. The van der Waals surface area contributed by atoms with E-state index in [4.69, 9.17) is 26.0 Å². The van der Waals surface area contributed by atoms with Crippen LogP contribution >= 0.6 is 11.6 Å². The summed E-state index contributed by atoms with van der Waals surface area (Å²) in [6.07, 6.45) is -0.925. The largest absolute Gasteiger partial charge is 0.479 e. The Balaban J connectivity index is 2.03. The SMILES string of the molecule is CC(OCc1nc(-c2ccc(Cl)cc2)no1)C(=O)O. The zero-order valence-corrected chi connectivity index (χ0v) is 10.8. The molecule has 100 valence electrons. The minimum Gasteiger partial charge on any atom is -0.479 e. The molecule has 0 saturated carbocycles. The molecule has 0 spiro atoms. The minimum atomic E-state index is -1.04. The van der Waals surface area contributed by atoms with Crippen LogP contribution in [-0.2, 0) is 16.1 Å². The third-order valence-electron chi connectivity index (χ3n) is 2.38. The van der Waals surface area contributed by atoms with Gasteiger partial charge in [-0.15, -0.1) is 0 Å². The van der Waals surface area contributed by atoms with Crippen molar-refractivity contribution in [3.8, 4) is 11.4 Å². The smallest absolute Gasteiger partial charge is 0.332 e. The number of carbonyl (C=O) groups is 1. The van der Waals surface area contributed by atoms with Crippen molar-refractivity contribution in [2.24, 2.45) is 0 Å². The molecule has 0 saturated heterocycles. The van der Waals surface area contributed by atoms with Gasteiger partial charge in [0.1, 0.15) is 6.61 Å². The fraction of sp³-hybridized carbons (Fsp3) is 0.250. The van der Waals surface area contributed by atoms with Gasteiger partial charge >= 0.3 is 5.97 Å².